The Hall–Kier alpha value is -1.52. The first-order valence-corrected chi connectivity index (χ1v) is 8.00. The van der Waals surface area contributed by atoms with E-state index < -0.39 is 24.0 Å². The molecule has 0 aliphatic heterocycles. The number of aliphatic carboxylic acids is 2. The van der Waals surface area contributed by atoms with Crippen molar-refractivity contribution >= 4 is 29.7 Å². The molecule has 0 aromatic carbocycles. The van der Waals surface area contributed by atoms with Gasteiger partial charge in [0.2, 0.25) is 0 Å². The number of nitrogens with two attached hydrogens (primary N) is 3. The molecule has 0 aliphatic carbocycles. The number of hydrogen-bond donors (Lipinski definition) is 7. The minimum Gasteiger partial charge on any atom is -0.480 e. The van der Waals surface area contributed by atoms with Crippen LogP contribution in [0, 0.1) is 5.41 Å². The Labute approximate surface area is 134 Å². The van der Waals surface area contributed by atoms with Gasteiger partial charge in [0.15, 0.2) is 5.96 Å². The van der Waals surface area contributed by atoms with E-state index in [4.69, 9.17) is 32.8 Å². The Kier molecular flexibility index (Phi) is 14.9. The summed E-state index contributed by atoms with van der Waals surface area (Å²) in [6, 6.07) is -1.50. The van der Waals surface area contributed by atoms with Crippen molar-refractivity contribution in [3.63, 3.8) is 0 Å². The van der Waals surface area contributed by atoms with Crippen molar-refractivity contribution in [3.05, 3.63) is 0 Å². The lowest BCUT2D eigenvalue weighted by atomic mass is 10.2. The average Bonchev–Trinajstić information content (AvgIpc) is 2.43. The van der Waals surface area contributed by atoms with E-state index in [-0.39, 0.29) is 5.96 Å². The minimum absolute atomic E-state index is 0.112. The zero-order valence-electron chi connectivity index (χ0n) is 12.7. The normalized spacial score (nSPS) is 12.5. The number of carboxylic acid groups (broad SMARTS) is 2. The third-order valence-electron chi connectivity index (χ3n) is 2.42. The van der Waals surface area contributed by atoms with Gasteiger partial charge in [-0.3, -0.25) is 15.0 Å². The van der Waals surface area contributed by atoms with Crippen molar-refractivity contribution in [2.75, 3.05) is 18.1 Å². The van der Waals surface area contributed by atoms with E-state index in [0.717, 1.165) is 11.5 Å². The van der Waals surface area contributed by atoms with Crippen LogP contribution in [0.2, 0.25) is 0 Å². The summed E-state index contributed by atoms with van der Waals surface area (Å²) < 4.78 is 0. The van der Waals surface area contributed by atoms with Gasteiger partial charge in [0.1, 0.15) is 12.1 Å². The molecule has 0 heterocycles. The topological polar surface area (TPSA) is 189 Å². The van der Waals surface area contributed by atoms with Crippen LogP contribution >= 0.6 is 11.8 Å². The molecule has 2 unspecified atom stereocenters. The highest BCUT2D eigenvalue weighted by molar-refractivity contribution is 7.99. The summed E-state index contributed by atoms with van der Waals surface area (Å²) in [5.41, 5.74) is 15.5. The Morgan fingerprint density at radius 2 is 1.68 bits per heavy atom. The highest BCUT2D eigenvalue weighted by Gasteiger charge is 2.10. The molecule has 0 aromatic heterocycles. The fraction of sp³-hybridized carbons (Fsp3) is 0.750. The van der Waals surface area contributed by atoms with Crippen LogP contribution in [0.4, 0.5) is 0 Å². The number of guanidine groups is 1. The van der Waals surface area contributed by atoms with Crippen LogP contribution in [0.5, 0.6) is 0 Å². The van der Waals surface area contributed by atoms with Gasteiger partial charge in [0, 0.05) is 6.54 Å². The maximum absolute atomic E-state index is 10.2. The molecule has 0 rings (SSSR count). The zero-order chi connectivity index (χ0) is 17.5. The standard InChI is InChI=1S/C6H14N4O2.C6H13NO2S/c7-4(5(11)12)2-1-3-10-6(8)9;1-2-10-4-3-5(7)6(8)9/h4H,1-3,7H2,(H,11,12)(H4,8,9,10);5H,2-4,7H2,1H3,(H,8,9). The molecule has 9 nitrogen and oxygen atoms in total. The summed E-state index contributed by atoms with van der Waals surface area (Å²) in [6.45, 7) is 2.52. The third-order valence-corrected chi connectivity index (χ3v) is 3.35. The molecular weight excluding hydrogens is 310 g/mol. The molecule has 10 heteroatoms. The van der Waals surface area contributed by atoms with Gasteiger partial charge >= 0.3 is 11.9 Å². The van der Waals surface area contributed by atoms with Gasteiger partial charge in [-0.1, -0.05) is 6.92 Å². The van der Waals surface area contributed by atoms with Gasteiger partial charge < -0.3 is 32.7 Å². The fourth-order valence-corrected chi connectivity index (χ4v) is 1.86. The smallest absolute Gasteiger partial charge is 0.320 e. The lowest BCUT2D eigenvalue weighted by Gasteiger charge is -2.06. The van der Waals surface area contributed by atoms with Gasteiger partial charge in [0.05, 0.1) is 0 Å². The molecule has 0 fully saturated rings. The number of thioether (sulfide) groups is 1. The van der Waals surface area contributed by atoms with Crippen LogP contribution in [0.1, 0.15) is 26.2 Å². The molecule has 0 saturated heterocycles. The quantitative estimate of drug-likeness (QED) is 0.152. The highest BCUT2D eigenvalue weighted by Crippen LogP contribution is 2.02. The number of nitrogens with one attached hydrogen (secondary N) is 2. The SMILES string of the molecule is CCSCCC(N)C(=O)O.N=C(N)NCCCC(N)C(=O)O. The largest absolute Gasteiger partial charge is 0.480 e. The summed E-state index contributed by atoms with van der Waals surface area (Å²) in [6.07, 6.45) is 1.54. The van der Waals surface area contributed by atoms with E-state index in [1.807, 2.05) is 6.92 Å². The molecule has 10 N–H and O–H groups in total. The number of carboxylic acids is 2. The molecule has 2 atom stereocenters. The summed E-state index contributed by atoms with van der Waals surface area (Å²) >= 11 is 1.71. The summed E-state index contributed by atoms with van der Waals surface area (Å²) in [5.74, 6) is -0.163. The van der Waals surface area contributed by atoms with E-state index in [9.17, 15) is 9.59 Å². The van der Waals surface area contributed by atoms with Crippen LogP contribution in [-0.4, -0.2) is 58.2 Å². The highest BCUT2D eigenvalue weighted by atomic mass is 32.2. The molecule has 22 heavy (non-hydrogen) atoms. The first-order valence-electron chi connectivity index (χ1n) is 6.84. The van der Waals surface area contributed by atoms with E-state index in [1.54, 1.807) is 11.8 Å². The van der Waals surface area contributed by atoms with Crippen molar-refractivity contribution in [1.29, 1.82) is 5.41 Å². The fourth-order valence-electron chi connectivity index (χ4n) is 1.15. The van der Waals surface area contributed by atoms with Crippen LogP contribution in [0.3, 0.4) is 0 Å². The second-order valence-electron chi connectivity index (χ2n) is 4.36. The second kappa shape index (κ2) is 14.4. The Morgan fingerprint density at radius 3 is 2.09 bits per heavy atom. The first kappa shape index (κ1) is 22.8. The molecule has 0 aromatic rings. The van der Waals surface area contributed by atoms with Gasteiger partial charge in [0.25, 0.3) is 0 Å². The van der Waals surface area contributed by atoms with Crippen LogP contribution in [-0.2, 0) is 9.59 Å². The molecule has 0 radical (unpaired) electrons. The van der Waals surface area contributed by atoms with Gasteiger partial charge in [-0.05, 0) is 30.8 Å². The average molecular weight is 337 g/mol. The Bertz CT molecular complexity index is 343. The molecule has 0 spiro atoms. The zero-order valence-corrected chi connectivity index (χ0v) is 13.6. The van der Waals surface area contributed by atoms with Crippen molar-refractivity contribution in [1.82, 2.24) is 5.32 Å². The predicted octanol–water partition coefficient (Wildman–Crippen LogP) is -0.797. The molecule has 0 amide bonds. The van der Waals surface area contributed by atoms with Crippen molar-refractivity contribution < 1.29 is 19.8 Å². The van der Waals surface area contributed by atoms with Crippen molar-refractivity contribution in [2.24, 2.45) is 17.2 Å². The predicted molar refractivity (Wildman–Crippen MR) is 88.0 cm³/mol. The number of hydrogen-bond acceptors (Lipinski definition) is 6. The van der Waals surface area contributed by atoms with Crippen LogP contribution in [0.15, 0.2) is 0 Å². The number of rotatable bonds is 10. The molecule has 0 bridgehead atoms. The maximum Gasteiger partial charge on any atom is 0.320 e. The molecule has 0 aliphatic rings. The van der Waals surface area contributed by atoms with E-state index >= 15 is 0 Å². The minimum atomic E-state index is -1.00. The van der Waals surface area contributed by atoms with E-state index in [1.165, 1.54) is 0 Å². The lowest BCUT2D eigenvalue weighted by molar-refractivity contribution is -0.139. The van der Waals surface area contributed by atoms with Crippen molar-refractivity contribution in [2.45, 2.75) is 38.3 Å². The van der Waals surface area contributed by atoms with Gasteiger partial charge in [-0.15, -0.1) is 0 Å². The molecule has 130 valence electrons. The lowest BCUT2D eigenvalue weighted by Crippen LogP contribution is -2.34. The number of carbonyl (C=O) groups is 2. The monoisotopic (exact) mass is 337 g/mol. The Morgan fingerprint density at radius 1 is 1.18 bits per heavy atom. The maximum atomic E-state index is 10.2. The molecule has 0 saturated carbocycles. The third kappa shape index (κ3) is 16.5. The first-order chi connectivity index (χ1) is 10.2. The summed E-state index contributed by atoms with van der Waals surface area (Å²) in [7, 11) is 0. The van der Waals surface area contributed by atoms with E-state index in [0.29, 0.717) is 25.8 Å². The van der Waals surface area contributed by atoms with Crippen LogP contribution in [0.25, 0.3) is 0 Å². The van der Waals surface area contributed by atoms with Crippen molar-refractivity contribution in [3.8, 4) is 0 Å². The van der Waals surface area contributed by atoms with Crippen LogP contribution < -0.4 is 22.5 Å². The van der Waals surface area contributed by atoms with Gasteiger partial charge in [-0.2, -0.15) is 11.8 Å². The van der Waals surface area contributed by atoms with E-state index in [2.05, 4.69) is 5.32 Å². The second-order valence-corrected chi connectivity index (χ2v) is 5.75. The Balaban J connectivity index is 0. The van der Waals surface area contributed by atoms with Gasteiger partial charge in [-0.25, -0.2) is 0 Å². The summed E-state index contributed by atoms with van der Waals surface area (Å²) in [5, 5.41) is 26.1. The molecular formula is C12H27N5O4S. The summed E-state index contributed by atoms with van der Waals surface area (Å²) in [4.78, 5) is 20.4.